The predicted octanol–water partition coefficient (Wildman–Crippen LogP) is 3.13. The standard InChI is InChI=1S/C26H29NO6/c1-30-22-14-8-5-11-18(22)26(27-21(17-28)25(29)33-4,19-12-6-9-15-23(19)31-2)20-13-7-10-16-24(20)32-3/h5-16,21,27-28H,17H2,1-4H3. The number of hydrogen-bond donors (Lipinski definition) is 2. The molecule has 1 atom stereocenters. The molecule has 1 unspecified atom stereocenters. The summed E-state index contributed by atoms with van der Waals surface area (Å²) in [6.45, 7) is -0.492. The van der Waals surface area contributed by atoms with Crippen LogP contribution in [0.15, 0.2) is 72.8 Å². The first kappa shape index (κ1) is 24.1. The van der Waals surface area contributed by atoms with Crippen LogP contribution in [0.1, 0.15) is 16.7 Å². The van der Waals surface area contributed by atoms with E-state index in [2.05, 4.69) is 5.32 Å². The number of nitrogens with one attached hydrogen (secondary N) is 1. The van der Waals surface area contributed by atoms with Crippen molar-refractivity contribution in [1.82, 2.24) is 5.32 Å². The van der Waals surface area contributed by atoms with Gasteiger partial charge < -0.3 is 24.1 Å². The van der Waals surface area contributed by atoms with Gasteiger partial charge in [0.2, 0.25) is 0 Å². The average Bonchev–Trinajstić information content (AvgIpc) is 2.89. The fourth-order valence-corrected chi connectivity index (χ4v) is 4.11. The lowest BCUT2D eigenvalue weighted by atomic mass is 9.75. The van der Waals surface area contributed by atoms with Gasteiger partial charge >= 0.3 is 5.97 Å². The lowest BCUT2D eigenvalue weighted by Crippen LogP contribution is -2.54. The van der Waals surface area contributed by atoms with Gasteiger partial charge in [0.05, 0.1) is 35.0 Å². The van der Waals surface area contributed by atoms with Crippen LogP contribution in [0.2, 0.25) is 0 Å². The molecule has 174 valence electrons. The molecule has 0 aliphatic carbocycles. The number of rotatable bonds is 10. The van der Waals surface area contributed by atoms with E-state index in [-0.39, 0.29) is 0 Å². The van der Waals surface area contributed by atoms with Crippen LogP contribution in [0, 0.1) is 0 Å². The average molecular weight is 452 g/mol. The van der Waals surface area contributed by atoms with Crippen molar-refractivity contribution in [2.45, 2.75) is 11.6 Å². The van der Waals surface area contributed by atoms with Gasteiger partial charge in [-0.25, -0.2) is 0 Å². The lowest BCUT2D eigenvalue weighted by molar-refractivity contribution is -0.144. The fraction of sp³-hybridized carbons (Fsp3) is 0.269. The highest BCUT2D eigenvalue weighted by atomic mass is 16.5. The van der Waals surface area contributed by atoms with E-state index in [1.807, 2.05) is 72.8 Å². The number of hydrogen-bond acceptors (Lipinski definition) is 7. The van der Waals surface area contributed by atoms with Crippen molar-refractivity contribution in [2.24, 2.45) is 0 Å². The van der Waals surface area contributed by atoms with Crippen molar-refractivity contribution in [3.05, 3.63) is 89.5 Å². The van der Waals surface area contributed by atoms with Crippen LogP contribution in [-0.4, -0.2) is 52.2 Å². The molecule has 0 heterocycles. The molecule has 0 radical (unpaired) electrons. The minimum absolute atomic E-state index is 0.492. The number of para-hydroxylation sites is 3. The second-order valence-corrected chi connectivity index (χ2v) is 7.25. The molecule has 3 aromatic rings. The first-order valence-corrected chi connectivity index (χ1v) is 10.4. The molecule has 3 rings (SSSR count). The van der Waals surface area contributed by atoms with Gasteiger partial charge in [0, 0.05) is 16.7 Å². The molecule has 0 bridgehead atoms. The summed E-state index contributed by atoms with van der Waals surface area (Å²) >= 11 is 0. The summed E-state index contributed by atoms with van der Waals surface area (Å²) < 4.78 is 22.2. The molecule has 7 nitrogen and oxygen atoms in total. The summed E-state index contributed by atoms with van der Waals surface area (Å²) in [5.74, 6) is 1.11. The molecular formula is C26H29NO6. The van der Waals surface area contributed by atoms with Crippen LogP contribution in [0.4, 0.5) is 0 Å². The van der Waals surface area contributed by atoms with Crippen molar-refractivity contribution in [2.75, 3.05) is 35.0 Å². The highest BCUT2D eigenvalue weighted by Gasteiger charge is 2.45. The summed E-state index contributed by atoms with van der Waals surface area (Å²) in [7, 11) is 6.03. The molecule has 3 aromatic carbocycles. The Bertz CT molecular complexity index is 968. The summed E-state index contributed by atoms with van der Waals surface area (Å²) in [6.07, 6.45) is 0. The van der Waals surface area contributed by atoms with E-state index in [1.54, 1.807) is 21.3 Å². The van der Waals surface area contributed by atoms with E-state index in [9.17, 15) is 9.90 Å². The van der Waals surface area contributed by atoms with Crippen molar-refractivity contribution < 1.29 is 28.8 Å². The van der Waals surface area contributed by atoms with Crippen LogP contribution in [0.3, 0.4) is 0 Å². The van der Waals surface area contributed by atoms with Gasteiger partial charge in [-0.2, -0.15) is 0 Å². The molecule has 0 saturated heterocycles. The molecule has 0 amide bonds. The van der Waals surface area contributed by atoms with E-state index >= 15 is 0 Å². The number of esters is 1. The number of benzene rings is 3. The van der Waals surface area contributed by atoms with Crippen molar-refractivity contribution >= 4 is 5.97 Å². The minimum atomic E-state index is -1.23. The van der Waals surface area contributed by atoms with E-state index in [4.69, 9.17) is 18.9 Å². The van der Waals surface area contributed by atoms with Gasteiger partial charge in [-0.05, 0) is 18.2 Å². The third kappa shape index (κ3) is 4.51. The van der Waals surface area contributed by atoms with Gasteiger partial charge in [0.1, 0.15) is 28.8 Å². The quantitative estimate of drug-likeness (QED) is 0.362. The Hall–Kier alpha value is -3.55. The zero-order chi connectivity index (χ0) is 23.8. The molecule has 7 heteroatoms. The number of aliphatic hydroxyl groups is 1. The minimum Gasteiger partial charge on any atom is -0.496 e. The maximum absolute atomic E-state index is 12.6. The lowest BCUT2D eigenvalue weighted by Gasteiger charge is -2.40. The first-order valence-electron chi connectivity index (χ1n) is 10.4. The monoisotopic (exact) mass is 451 g/mol. The zero-order valence-corrected chi connectivity index (χ0v) is 19.2. The van der Waals surface area contributed by atoms with Gasteiger partial charge in [0.15, 0.2) is 0 Å². The Labute approximate surface area is 193 Å². The molecule has 0 fully saturated rings. The molecule has 33 heavy (non-hydrogen) atoms. The maximum atomic E-state index is 12.6. The second-order valence-electron chi connectivity index (χ2n) is 7.25. The predicted molar refractivity (Wildman–Crippen MR) is 125 cm³/mol. The molecule has 0 saturated carbocycles. The summed E-state index contributed by atoms with van der Waals surface area (Å²) in [4.78, 5) is 12.6. The summed E-state index contributed by atoms with van der Waals surface area (Å²) in [5.41, 5.74) is 0.865. The molecule has 0 spiro atoms. The van der Waals surface area contributed by atoms with E-state index in [0.29, 0.717) is 33.9 Å². The SMILES string of the molecule is COC(=O)C(CO)NC(c1ccccc1OC)(c1ccccc1OC)c1ccccc1OC. The van der Waals surface area contributed by atoms with Gasteiger partial charge in [0.25, 0.3) is 0 Å². The van der Waals surface area contributed by atoms with Crippen LogP contribution in [-0.2, 0) is 15.1 Å². The Morgan fingerprint density at radius 2 is 1.12 bits per heavy atom. The number of carbonyl (C=O) groups is 1. The zero-order valence-electron chi connectivity index (χ0n) is 19.2. The number of aliphatic hydroxyl groups excluding tert-OH is 1. The van der Waals surface area contributed by atoms with Crippen LogP contribution < -0.4 is 19.5 Å². The molecular weight excluding hydrogens is 422 g/mol. The van der Waals surface area contributed by atoms with E-state index < -0.39 is 24.2 Å². The first-order chi connectivity index (χ1) is 16.1. The van der Waals surface area contributed by atoms with Gasteiger partial charge in [-0.1, -0.05) is 54.6 Å². The Morgan fingerprint density at radius 1 is 0.758 bits per heavy atom. The maximum Gasteiger partial charge on any atom is 0.325 e. The number of methoxy groups -OCH3 is 4. The van der Waals surface area contributed by atoms with Crippen LogP contribution >= 0.6 is 0 Å². The number of ether oxygens (including phenoxy) is 4. The normalized spacial score (nSPS) is 12.0. The third-order valence-electron chi connectivity index (χ3n) is 5.59. The van der Waals surface area contributed by atoms with Crippen LogP contribution in [0.25, 0.3) is 0 Å². The highest BCUT2D eigenvalue weighted by molar-refractivity contribution is 5.77. The van der Waals surface area contributed by atoms with Gasteiger partial charge in [-0.15, -0.1) is 0 Å². The van der Waals surface area contributed by atoms with Crippen molar-refractivity contribution in [1.29, 1.82) is 0 Å². The van der Waals surface area contributed by atoms with Crippen molar-refractivity contribution in [3.63, 3.8) is 0 Å². The molecule has 2 N–H and O–H groups in total. The Morgan fingerprint density at radius 3 is 1.42 bits per heavy atom. The third-order valence-corrected chi connectivity index (χ3v) is 5.59. The topological polar surface area (TPSA) is 86.3 Å². The van der Waals surface area contributed by atoms with E-state index in [1.165, 1.54) is 7.11 Å². The van der Waals surface area contributed by atoms with Gasteiger partial charge in [-0.3, -0.25) is 10.1 Å². The smallest absolute Gasteiger partial charge is 0.325 e. The Balaban J connectivity index is 2.50. The largest absolute Gasteiger partial charge is 0.496 e. The van der Waals surface area contributed by atoms with Crippen molar-refractivity contribution in [3.8, 4) is 17.2 Å². The summed E-state index contributed by atoms with van der Waals surface area (Å²) in [5, 5.41) is 13.5. The molecule has 0 aliphatic rings. The van der Waals surface area contributed by atoms with Crippen LogP contribution in [0.5, 0.6) is 17.2 Å². The second kappa shape index (κ2) is 10.8. The Kier molecular flexibility index (Phi) is 7.92. The van der Waals surface area contributed by atoms with E-state index in [0.717, 1.165) is 0 Å². The fourth-order valence-electron chi connectivity index (χ4n) is 4.11. The molecule has 0 aromatic heterocycles. The number of carbonyl (C=O) groups excluding carboxylic acids is 1. The highest BCUT2D eigenvalue weighted by Crippen LogP contribution is 2.47. The molecule has 0 aliphatic heterocycles. The summed E-state index contributed by atoms with van der Waals surface area (Å²) in [6, 6.07) is 21.4.